The van der Waals surface area contributed by atoms with Crippen LogP contribution in [0.1, 0.15) is 149 Å². The molecule has 0 aliphatic carbocycles. The lowest BCUT2D eigenvalue weighted by molar-refractivity contribution is -0.157. The molecule has 25 nitrogen and oxygen atoms in total. The number of hydrogen-bond donors (Lipinski definition) is 6. The second-order valence-electron chi connectivity index (χ2n) is 27.1. The molecule has 0 aromatic carbocycles. The largest absolute Gasteiger partial charge is 0.392 e. The van der Waals surface area contributed by atoms with Gasteiger partial charge in [0.1, 0.15) is 60.4 Å². The summed E-state index contributed by atoms with van der Waals surface area (Å²) in [6.07, 6.45) is 5.74. The zero-order valence-electron chi connectivity index (χ0n) is 59.2. The summed E-state index contributed by atoms with van der Waals surface area (Å²) in [5.41, 5.74) is 0. The number of rotatable bonds is 20. The van der Waals surface area contributed by atoms with E-state index in [2.05, 4.69) is 21.3 Å². The van der Waals surface area contributed by atoms with Gasteiger partial charge in [0.05, 0.1) is 32.5 Å². The predicted octanol–water partition coefficient (Wildman–Crippen LogP) is 2.81. The van der Waals surface area contributed by atoms with Crippen molar-refractivity contribution in [3.05, 3.63) is 24.3 Å². The molecule has 25 heteroatoms. The van der Waals surface area contributed by atoms with E-state index in [9.17, 15) is 48.6 Å². The molecule has 0 saturated carbocycles. The van der Waals surface area contributed by atoms with E-state index in [1.165, 1.54) is 92.9 Å². The Balaban J connectivity index is 4.47. The maximum absolute atomic E-state index is 15.3. The smallest absolute Gasteiger partial charge is 0.247 e. The van der Waals surface area contributed by atoms with Crippen molar-refractivity contribution in [1.29, 1.82) is 0 Å². The molecule has 11 amide bonds. The zero-order chi connectivity index (χ0) is 70.2. The zero-order valence-corrected chi connectivity index (χ0v) is 59.2. The van der Waals surface area contributed by atoms with Crippen molar-refractivity contribution >= 4 is 65.0 Å². The van der Waals surface area contributed by atoms with Crippen LogP contribution in [0.4, 0.5) is 0 Å². The van der Waals surface area contributed by atoms with Crippen LogP contribution in [-0.2, 0) is 57.5 Å². The average molecular weight is 1290 g/mol. The van der Waals surface area contributed by atoms with E-state index in [4.69, 9.17) is 4.74 Å². The number of carbonyl (C=O) groups excluding carboxylic acids is 11. The van der Waals surface area contributed by atoms with E-state index in [1.807, 2.05) is 55.4 Å². The number of amides is 11. The van der Waals surface area contributed by atoms with Gasteiger partial charge in [-0.15, -0.1) is 0 Å². The minimum Gasteiger partial charge on any atom is -0.392 e. The number of allylic oxidation sites excluding steroid dienone is 2. The lowest BCUT2D eigenvalue weighted by Crippen LogP contribution is -2.63. The van der Waals surface area contributed by atoms with E-state index in [1.54, 1.807) is 60.6 Å². The Hall–Kier alpha value is -6.47. The number of carbonyl (C=O) groups is 11. The van der Waals surface area contributed by atoms with Crippen molar-refractivity contribution < 1.29 is 67.7 Å². The van der Waals surface area contributed by atoms with Crippen LogP contribution in [-0.4, -0.2) is 252 Å². The summed E-state index contributed by atoms with van der Waals surface area (Å²) in [7, 11) is 9.79. The molecule has 1 rings (SSSR count). The predicted molar refractivity (Wildman–Crippen MR) is 350 cm³/mol. The highest BCUT2D eigenvalue weighted by Crippen LogP contribution is 2.26. The minimum atomic E-state index is -1.63. The van der Waals surface area contributed by atoms with Crippen molar-refractivity contribution in [3.8, 4) is 0 Å². The number of likely N-dealkylation sites (N-methyl/N-ethyl adjacent to an activating group) is 7. The SMILES string of the molecule is C/C=C/C[C@@H](C)[C@@H](O)[C@H]1C(=O)N[C@@H](CC)C(=O)N(C)CC(=O)N(C)[C@@H](CC(C)C)C(=O)N[C@@H](C(C)C)C(=O)N(C)[C@@H](CC(C)C)C(=O)N[C@@H](C)C(=O)N[C@H](COC/C=C/CO)C(=O)N(C)[C@@H](CC(C)C)C(=O)N(C)[C@@H](CC(C)C)C(=O)N(C)[C@@H](C(C)C)C(=O)N1C. The van der Waals surface area contributed by atoms with Gasteiger partial charge in [0.2, 0.25) is 65.0 Å². The molecule has 0 spiro atoms. The Kier molecular flexibility index (Phi) is 35.5. The van der Waals surface area contributed by atoms with Crippen LogP contribution in [0.25, 0.3) is 0 Å². The number of nitrogens with one attached hydrogen (secondary N) is 4. The van der Waals surface area contributed by atoms with Gasteiger partial charge in [-0.3, -0.25) is 52.7 Å². The van der Waals surface area contributed by atoms with E-state index in [-0.39, 0.29) is 69.0 Å². The van der Waals surface area contributed by atoms with Crippen molar-refractivity contribution in [3.63, 3.8) is 0 Å². The van der Waals surface area contributed by atoms with Gasteiger partial charge in [-0.25, -0.2) is 0 Å². The number of aliphatic hydroxyl groups excluding tert-OH is 2. The van der Waals surface area contributed by atoms with Crippen LogP contribution in [0.2, 0.25) is 0 Å². The molecule has 1 aliphatic rings. The highest BCUT2D eigenvalue weighted by molar-refractivity contribution is 5.99. The Labute approximate surface area is 543 Å². The first-order valence-corrected chi connectivity index (χ1v) is 32.4. The first-order chi connectivity index (χ1) is 42.2. The van der Waals surface area contributed by atoms with Gasteiger partial charge >= 0.3 is 0 Å². The molecule has 520 valence electrons. The maximum atomic E-state index is 15.3. The molecule has 1 aliphatic heterocycles. The molecular weight excluding hydrogens is 1170 g/mol. The quantitative estimate of drug-likeness (QED) is 0.0755. The van der Waals surface area contributed by atoms with Crippen molar-refractivity contribution in [1.82, 2.24) is 55.6 Å². The summed E-state index contributed by atoms with van der Waals surface area (Å²) in [4.78, 5) is 171. The molecule has 0 unspecified atom stereocenters. The summed E-state index contributed by atoms with van der Waals surface area (Å²) < 4.78 is 5.82. The topological polar surface area (TPSA) is 308 Å². The first kappa shape index (κ1) is 82.5. The van der Waals surface area contributed by atoms with Gasteiger partial charge in [0, 0.05) is 49.3 Å². The molecule has 0 aromatic heterocycles. The third kappa shape index (κ3) is 24.5. The van der Waals surface area contributed by atoms with Gasteiger partial charge in [0.15, 0.2) is 0 Å². The normalized spacial score (nSPS) is 26.0. The lowest BCUT2D eigenvalue weighted by atomic mass is 9.91. The highest BCUT2D eigenvalue weighted by atomic mass is 16.5. The third-order valence-electron chi connectivity index (χ3n) is 16.7. The van der Waals surface area contributed by atoms with Gasteiger partial charge in [-0.05, 0) is 93.8 Å². The highest BCUT2D eigenvalue weighted by Gasteiger charge is 2.46. The summed E-state index contributed by atoms with van der Waals surface area (Å²) >= 11 is 0. The second-order valence-corrected chi connectivity index (χ2v) is 27.1. The van der Waals surface area contributed by atoms with E-state index >= 15 is 14.4 Å². The Bertz CT molecular complexity index is 2490. The Morgan fingerprint density at radius 3 is 1.42 bits per heavy atom. The van der Waals surface area contributed by atoms with Gasteiger partial charge in [-0.1, -0.05) is 121 Å². The first-order valence-electron chi connectivity index (χ1n) is 32.4. The Morgan fingerprint density at radius 2 is 0.945 bits per heavy atom. The number of nitrogens with zero attached hydrogens (tertiary/aromatic N) is 7. The monoisotopic (exact) mass is 1290 g/mol. The lowest BCUT2D eigenvalue weighted by Gasteiger charge is -2.41. The summed E-state index contributed by atoms with van der Waals surface area (Å²) in [5, 5.41) is 32.5. The molecule has 91 heavy (non-hydrogen) atoms. The fourth-order valence-electron chi connectivity index (χ4n) is 11.1. The van der Waals surface area contributed by atoms with Crippen molar-refractivity contribution in [2.24, 2.45) is 41.4 Å². The van der Waals surface area contributed by atoms with Crippen LogP contribution < -0.4 is 21.3 Å². The molecule has 1 fully saturated rings. The number of aliphatic hydroxyl groups is 2. The van der Waals surface area contributed by atoms with E-state index < -0.39 is 162 Å². The summed E-state index contributed by atoms with van der Waals surface area (Å²) in [5.74, 6) is -10.4. The van der Waals surface area contributed by atoms with Crippen LogP contribution >= 0.6 is 0 Å². The van der Waals surface area contributed by atoms with Crippen LogP contribution in [0, 0.1) is 41.4 Å². The molecule has 12 atom stereocenters. The summed E-state index contributed by atoms with van der Waals surface area (Å²) in [6.45, 7) is 26.8. The summed E-state index contributed by atoms with van der Waals surface area (Å²) in [6, 6.07) is -13.0. The third-order valence-corrected chi connectivity index (χ3v) is 16.7. The van der Waals surface area contributed by atoms with Crippen LogP contribution in [0.15, 0.2) is 24.3 Å². The van der Waals surface area contributed by atoms with Gasteiger partial charge in [-0.2, -0.15) is 0 Å². The maximum Gasteiger partial charge on any atom is 0.247 e. The van der Waals surface area contributed by atoms with E-state index in [0.717, 1.165) is 9.80 Å². The molecule has 1 heterocycles. The van der Waals surface area contributed by atoms with Crippen LogP contribution in [0.5, 0.6) is 0 Å². The molecule has 0 aromatic rings. The second kappa shape index (κ2) is 39.2. The van der Waals surface area contributed by atoms with Gasteiger partial charge in [0.25, 0.3) is 0 Å². The number of ether oxygens (including phenoxy) is 1. The fraction of sp³-hybridized carbons (Fsp3) is 0.773. The standard InChI is InChI=1S/C66H117N11O14/c1-24-26-29-44(15)56(80)55-60(84)68-46(25-2)61(85)71(17)36-52(79)72(18)48(32-38(3)4)59(83)70-53(42(11)12)65(89)73(19)49(33-39(5)6)58(82)67-45(16)57(81)69-47(37-91-31-28-27-30-78)62(86)74(20)50(34-40(7)8)63(87)75(21)51(35-41(9)10)64(88)76(22)54(43(13)14)66(90)77(55)23/h24,26-28,38-51,53-56,78,80H,25,29-37H2,1-23H3,(H,67,82)(H,68,84)(H,69,81)(H,70,83)/b26-24+,28-27+/t44-,45+,46+,47-,48+,49+,50+,51+,53+,54+,55+,56-/m1/s1. The number of hydrogen-bond acceptors (Lipinski definition) is 14. The minimum absolute atomic E-state index is 0.00889. The molecular formula is C66H117N11O14. The Morgan fingerprint density at radius 1 is 0.495 bits per heavy atom. The fourth-order valence-corrected chi connectivity index (χ4v) is 11.1. The van der Waals surface area contributed by atoms with Crippen LogP contribution in [0.3, 0.4) is 0 Å². The molecule has 1 saturated heterocycles. The molecule has 0 bridgehead atoms. The van der Waals surface area contributed by atoms with Gasteiger partial charge < -0.3 is 70.5 Å². The van der Waals surface area contributed by atoms with E-state index in [0.29, 0.717) is 6.42 Å². The molecule has 0 radical (unpaired) electrons. The molecule has 6 N–H and O–H groups in total. The average Bonchev–Trinajstić information content (AvgIpc) is 0.918. The van der Waals surface area contributed by atoms with Crippen molar-refractivity contribution in [2.75, 3.05) is 75.7 Å². The van der Waals surface area contributed by atoms with Crippen molar-refractivity contribution in [2.45, 2.75) is 216 Å².